The molecule has 0 heterocycles. The van der Waals surface area contributed by atoms with E-state index in [0.29, 0.717) is 0 Å². The molecule has 3 atom stereocenters. The van der Waals surface area contributed by atoms with E-state index in [1.807, 2.05) is 0 Å². The van der Waals surface area contributed by atoms with Crippen LogP contribution >= 0.6 is 0 Å². The largest absolute Gasteiger partial charge is 0.0882 e. The third-order valence-electron chi connectivity index (χ3n) is 4.80. The van der Waals surface area contributed by atoms with Crippen LogP contribution in [0.3, 0.4) is 0 Å². The fraction of sp³-hybridized carbons (Fsp3) is 0.857. The summed E-state index contributed by atoms with van der Waals surface area (Å²) in [5.41, 5.74) is 0. The highest BCUT2D eigenvalue weighted by Gasteiger charge is 2.33. The fourth-order valence-electron chi connectivity index (χ4n) is 3.44. The van der Waals surface area contributed by atoms with Crippen LogP contribution in [-0.2, 0) is 0 Å². The molecular weight excluding hydrogens is 168 g/mol. The summed E-state index contributed by atoms with van der Waals surface area (Å²) >= 11 is 0. The van der Waals surface area contributed by atoms with E-state index in [1.54, 1.807) is 0 Å². The van der Waals surface area contributed by atoms with Gasteiger partial charge in [-0.05, 0) is 55.3 Å². The van der Waals surface area contributed by atoms with Crippen molar-refractivity contribution in [2.75, 3.05) is 0 Å². The van der Waals surface area contributed by atoms with Crippen molar-refractivity contribution in [1.82, 2.24) is 0 Å². The molecule has 0 nitrogen and oxygen atoms in total. The van der Waals surface area contributed by atoms with E-state index in [0.717, 1.165) is 29.6 Å². The predicted octanol–water partition coefficient (Wildman–Crippen LogP) is 4.27. The van der Waals surface area contributed by atoms with Crippen LogP contribution < -0.4 is 0 Å². The Morgan fingerprint density at radius 2 is 1.64 bits per heavy atom. The second kappa shape index (κ2) is 4.08. The van der Waals surface area contributed by atoms with Gasteiger partial charge in [0, 0.05) is 0 Å². The van der Waals surface area contributed by atoms with Crippen LogP contribution in [0.2, 0.25) is 0 Å². The molecule has 0 heteroatoms. The molecule has 0 aromatic rings. The lowest BCUT2D eigenvalue weighted by atomic mass is 9.66. The Kier molecular flexibility index (Phi) is 2.99. The SMILES string of the molecule is CC1CC(C2C=CCC2)CC(C)C1C. The van der Waals surface area contributed by atoms with E-state index in [2.05, 4.69) is 32.9 Å². The van der Waals surface area contributed by atoms with Crippen LogP contribution in [0.4, 0.5) is 0 Å². The Morgan fingerprint density at radius 1 is 1.00 bits per heavy atom. The van der Waals surface area contributed by atoms with Gasteiger partial charge in [-0.3, -0.25) is 0 Å². The van der Waals surface area contributed by atoms with Crippen molar-refractivity contribution in [3.8, 4) is 0 Å². The molecule has 1 fully saturated rings. The Hall–Kier alpha value is -0.260. The first-order valence-electron chi connectivity index (χ1n) is 6.35. The zero-order chi connectivity index (χ0) is 10.1. The van der Waals surface area contributed by atoms with E-state index >= 15 is 0 Å². The maximum absolute atomic E-state index is 2.49. The summed E-state index contributed by atoms with van der Waals surface area (Å²) in [6.45, 7) is 7.34. The van der Waals surface area contributed by atoms with E-state index in [9.17, 15) is 0 Å². The molecule has 2 aliphatic carbocycles. The topological polar surface area (TPSA) is 0 Å². The summed E-state index contributed by atoms with van der Waals surface area (Å²) in [5, 5.41) is 0. The molecule has 2 rings (SSSR count). The van der Waals surface area contributed by atoms with Gasteiger partial charge in [0.15, 0.2) is 0 Å². The number of allylic oxidation sites excluding steroid dienone is 2. The molecule has 0 amide bonds. The minimum Gasteiger partial charge on any atom is -0.0882 e. The van der Waals surface area contributed by atoms with Crippen molar-refractivity contribution in [2.24, 2.45) is 29.6 Å². The highest BCUT2D eigenvalue weighted by Crippen LogP contribution is 2.43. The van der Waals surface area contributed by atoms with Gasteiger partial charge in [0.25, 0.3) is 0 Å². The monoisotopic (exact) mass is 192 g/mol. The van der Waals surface area contributed by atoms with Crippen molar-refractivity contribution in [1.29, 1.82) is 0 Å². The molecule has 3 unspecified atom stereocenters. The maximum atomic E-state index is 2.49. The lowest BCUT2D eigenvalue weighted by Crippen LogP contribution is -2.30. The van der Waals surface area contributed by atoms with Gasteiger partial charge < -0.3 is 0 Å². The normalized spacial score (nSPS) is 48.4. The summed E-state index contributed by atoms with van der Waals surface area (Å²) in [7, 11) is 0. The van der Waals surface area contributed by atoms with Crippen molar-refractivity contribution < 1.29 is 0 Å². The molecule has 0 bridgehead atoms. The quantitative estimate of drug-likeness (QED) is 0.544. The Morgan fingerprint density at radius 3 is 2.14 bits per heavy atom. The number of hydrogen-bond acceptors (Lipinski definition) is 0. The van der Waals surface area contributed by atoms with Crippen molar-refractivity contribution in [2.45, 2.75) is 46.5 Å². The standard InChI is InChI=1S/C14H24/c1-10-8-14(9-11(2)12(10)3)13-6-4-5-7-13/h4,6,10-14H,5,7-9H2,1-3H3. The highest BCUT2D eigenvalue weighted by atomic mass is 14.4. The summed E-state index contributed by atoms with van der Waals surface area (Å²) in [6.07, 6.45) is 10.6. The van der Waals surface area contributed by atoms with Gasteiger partial charge in [-0.15, -0.1) is 0 Å². The smallest absolute Gasteiger partial charge is 0.0202 e. The summed E-state index contributed by atoms with van der Waals surface area (Å²) in [4.78, 5) is 0. The molecule has 0 radical (unpaired) electrons. The first kappa shape index (κ1) is 10.3. The number of rotatable bonds is 1. The Labute approximate surface area is 88.8 Å². The number of hydrogen-bond donors (Lipinski definition) is 0. The van der Waals surface area contributed by atoms with Gasteiger partial charge in [-0.1, -0.05) is 32.9 Å². The van der Waals surface area contributed by atoms with Crippen molar-refractivity contribution in [3.63, 3.8) is 0 Å². The molecule has 80 valence electrons. The van der Waals surface area contributed by atoms with Gasteiger partial charge in [0.05, 0.1) is 0 Å². The zero-order valence-corrected chi connectivity index (χ0v) is 9.87. The maximum Gasteiger partial charge on any atom is -0.0202 e. The summed E-state index contributed by atoms with van der Waals surface area (Å²) in [5.74, 6) is 4.74. The molecule has 2 aliphatic rings. The molecular formula is C14H24. The lowest BCUT2D eigenvalue weighted by Gasteiger charge is -2.39. The van der Waals surface area contributed by atoms with Crippen molar-refractivity contribution >= 4 is 0 Å². The van der Waals surface area contributed by atoms with E-state index in [-0.39, 0.29) is 0 Å². The Bertz CT molecular complexity index is 204. The Balaban J connectivity index is 1.98. The molecule has 0 aromatic heterocycles. The van der Waals surface area contributed by atoms with Crippen LogP contribution in [0.1, 0.15) is 46.5 Å². The van der Waals surface area contributed by atoms with Crippen molar-refractivity contribution in [3.05, 3.63) is 12.2 Å². The second-order valence-corrected chi connectivity index (χ2v) is 5.71. The first-order valence-corrected chi connectivity index (χ1v) is 6.35. The first-order chi connectivity index (χ1) is 6.68. The molecule has 14 heavy (non-hydrogen) atoms. The van der Waals surface area contributed by atoms with Crippen LogP contribution in [0, 0.1) is 29.6 Å². The van der Waals surface area contributed by atoms with Gasteiger partial charge in [-0.2, -0.15) is 0 Å². The average Bonchev–Trinajstić information content (AvgIpc) is 2.66. The molecule has 1 saturated carbocycles. The van der Waals surface area contributed by atoms with Gasteiger partial charge in [-0.25, -0.2) is 0 Å². The minimum atomic E-state index is 0.924. The van der Waals surface area contributed by atoms with Crippen LogP contribution in [0.25, 0.3) is 0 Å². The van der Waals surface area contributed by atoms with Gasteiger partial charge >= 0.3 is 0 Å². The van der Waals surface area contributed by atoms with Crippen LogP contribution in [-0.4, -0.2) is 0 Å². The third-order valence-corrected chi connectivity index (χ3v) is 4.80. The minimum absolute atomic E-state index is 0.924. The zero-order valence-electron chi connectivity index (χ0n) is 9.87. The predicted molar refractivity (Wildman–Crippen MR) is 62.1 cm³/mol. The van der Waals surface area contributed by atoms with E-state index in [4.69, 9.17) is 0 Å². The molecule has 0 N–H and O–H groups in total. The summed E-state index contributed by atoms with van der Waals surface area (Å²) < 4.78 is 0. The molecule has 0 aliphatic heterocycles. The van der Waals surface area contributed by atoms with Crippen LogP contribution in [0.5, 0.6) is 0 Å². The third kappa shape index (κ3) is 1.89. The van der Waals surface area contributed by atoms with Gasteiger partial charge in [0.1, 0.15) is 0 Å². The average molecular weight is 192 g/mol. The van der Waals surface area contributed by atoms with E-state index in [1.165, 1.54) is 25.7 Å². The molecule has 0 aromatic carbocycles. The van der Waals surface area contributed by atoms with Gasteiger partial charge in [0.2, 0.25) is 0 Å². The second-order valence-electron chi connectivity index (χ2n) is 5.71. The van der Waals surface area contributed by atoms with Crippen LogP contribution in [0.15, 0.2) is 12.2 Å². The molecule has 0 spiro atoms. The van der Waals surface area contributed by atoms with E-state index < -0.39 is 0 Å². The fourth-order valence-corrected chi connectivity index (χ4v) is 3.44. The highest BCUT2D eigenvalue weighted by molar-refractivity contribution is 5.00. The lowest BCUT2D eigenvalue weighted by molar-refractivity contribution is 0.116. The molecule has 0 saturated heterocycles. The summed E-state index contributed by atoms with van der Waals surface area (Å²) in [6, 6.07) is 0.